The summed E-state index contributed by atoms with van der Waals surface area (Å²) in [6, 6.07) is 0. The number of unbranched alkanes of at least 4 members (excludes halogenated alkanes) is 1. The van der Waals surface area contributed by atoms with Gasteiger partial charge in [0.15, 0.2) is 0 Å². The summed E-state index contributed by atoms with van der Waals surface area (Å²) in [5, 5.41) is 9.52. The van der Waals surface area contributed by atoms with Gasteiger partial charge in [-0.1, -0.05) is 46.5 Å². The molecule has 2 atom stereocenters. The molecule has 1 heteroatoms. The smallest absolute Gasteiger partial charge is 0.0540 e. The van der Waals surface area contributed by atoms with Gasteiger partial charge in [0, 0.05) is 0 Å². The van der Waals surface area contributed by atoms with Crippen LogP contribution in [0.4, 0.5) is 0 Å². The topological polar surface area (TPSA) is 20.2 Å². The highest BCUT2D eigenvalue weighted by molar-refractivity contribution is 4.59. The first-order valence-corrected chi connectivity index (χ1v) is 5.88. The van der Waals surface area contributed by atoms with Crippen LogP contribution in [0.3, 0.4) is 0 Å². The van der Waals surface area contributed by atoms with Crippen LogP contribution < -0.4 is 0 Å². The molecular weight excluding hydrogens is 160 g/mol. The Kier molecular flexibility index (Phi) is 8.53. The molecule has 0 radical (unpaired) electrons. The van der Waals surface area contributed by atoms with E-state index in [0.717, 1.165) is 25.2 Å². The van der Waals surface area contributed by atoms with Crippen LogP contribution >= 0.6 is 0 Å². The van der Waals surface area contributed by atoms with Crippen molar-refractivity contribution in [1.29, 1.82) is 0 Å². The van der Waals surface area contributed by atoms with Crippen molar-refractivity contribution in [2.75, 3.05) is 0 Å². The number of aliphatic hydroxyl groups is 1. The van der Waals surface area contributed by atoms with E-state index in [9.17, 15) is 5.11 Å². The Morgan fingerprint density at radius 2 is 1.62 bits per heavy atom. The van der Waals surface area contributed by atoms with Crippen LogP contribution in [0.5, 0.6) is 0 Å². The zero-order chi connectivity index (χ0) is 10.1. The van der Waals surface area contributed by atoms with Crippen molar-refractivity contribution < 1.29 is 5.11 Å². The zero-order valence-electron chi connectivity index (χ0n) is 9.55. The minimum atomic E-state index is -0.0472. The normalized spacial score (nSPS) is 15.7. The summed E-state index contributed by atoms with van der Waals surface area (Å²) in [6.45, 7) is 6.66. The van der Waals surface area contributed by atoms with Crippen molar-refractivity contribution in [3.8, 4) is 0 Å². The molecule has 0 aliphatic carbocycles. The van der Waals surface area contributed by atoms with Gasteiger partial charge >= 0.3 is 0 Å². The maximum absolute atomic E-state index is 9.52. The second-order valence-corrected chi connectivity index (χ2v) is 4.27. The molecule has 1 nitrogen and oxygen atoms in total. The molecule has 0 bridgehead atoms. The fourth-order valence-electron chi connectivity index (χ4n) is 1.65. The number of aliphatic hydroxyl groups excluding tert-OH is 1. The molecule has 0 amide bonds. The van der Waals surface area contributed by atoms with Crippen molar-refractivity contribution in [3.05, 3.63) is 0 Å². The lowest BCUT2D eigenvalue weighted by molar-refractivity contribution is 0.144. The van der Waals surface area contributed by atoms with E-state index in [2.05, 4.69) is 20.8 Å². The third kappa shape index (κ3) is 8.29. The lowest BCUT2D eigenvalue weighted by atomic mass is 9.96. The molecule has 13 heavy (non-hydrogen) atoms. The standard InChI is InChI=1S/C12H26O/c1-4-6-8-11(3)9-10-12(13)7-5-2/h11-13H,4-10H2,1-3H3. The fraction of sp³-hybridized carbons (Fsp3) is 1.00. The van der Waals surface area contributed by atoms with Crippen molar-refractivity contribution in [2.24, 2.45) is 5.92 Å². The summed E-state index contributed by atoms with van der Waals surface area (Å²) in [6.07, 6.45) is 8.18. The SMILES string of the molecule is CCCCC(C)CCC(O)CCC. The van der Waals surface area contributed by atoms with Gasteiger partial charge in [-0.3, -0.25) is 0 Å². The second-order valence-electron chi connectivity index (χ2n) is 4.27. The minimum absolute atomic E-state index is 0.0472. The van der Waals surface area contributed by atoms with Crippen LogP contribution in [0.2, 0.25) is 0 Å². The lowest BCUT2D eigenvalue weighted by Gasteiger charge is -2.13. The molecule has 0 saturated carbocycles. The van der Waals surface area contributed by atoms with Crippen molar-refractivity contribution in [2.45, 2.75) is 71.8 Å². The highest BCUT2D eigenvalue weighted by Crippen LogP contribution is 2.16. The molecule has 1 N–H and O–H groups in total. The third-order valence-corrected chi connectivity index (χ3v) is 2.67. The summed E-state index contributed by atoms with van der Waals surface area (Å²) in [5.74, 6) is 0.798. The Morgan fingerprint density at radius 3 is 2.15 bits per heavy atom. The van der Waals surface area contributed by atoms with Crippen molar-refractivity contribution in [3.63, 3.8) is 0 Å². The van der Waals surface area contributed by atoms with E-state index in [1.54, 1.807) is 0 Å². The Bertz CT molecular complexity index is 101. The molecule has 2 unspecified atom stereocenters. The van der Waals surface area contributed by atoms with Crippen LogP contribution in [0, 0.1) is 5.92 Å². The second kappa shape index (κ2) is 8.55. The summed E-state index contributed by atoms with van der Waals surface area (Å²) >= 11 is 0. The van der Waals surface area contributed by atoms with Gasteiger partial charge < -0.3 is 5.11 Å². The van der Waals surface area contributed by atoms with Crippen molar-refractivity contribution >= 4 is 0 Å². The van der Waals surface area contributed by atoms with Gasteiger partial charge in [-0.25, -0.2) is 0 Å². The van der Waals surface area contributed by atoms with Gasteiger partial charge in [-0.15, -0.1) is 0 Å². The van der Waals surface area contributed by atoms with Crippen LogP contribution in [0.15, 0.2) is 0 Å². The van der Waals surface area contributed by atoms with E-state index in [0.29, 0.717) is 0 Å². The number of hydrogen-bond donors (Lipinski definition) is 1. The van der Waals surface area contributed by atoms with E-state index < -0.39 is 0 Å². The van der Waals surface area contributed by atoms with Crippen molar-refractivity contribution in [1.82, 2.24) is 0 Å². The highest BCUT2D eigenvalue weighted by Gasteiger charge is 2.06. The van der Waals surface area contributed by atoms with Crippen LogP contribution in [0.25, 0.3) is 0 Å². The molecule has 0 saturated heterocycles. The van der Waals surface area contributed by atoms with E-state index in [1.165, 1.54) is 25.7 Å². The molecule has 0 fully saturated rings. The number of rotatable bonds is 8. The molecule has 0 aromatic heterocycles. The molecule has 80 valence electrons. The lowest BCUT2D eigenvalue weighted by Crippen LogP contribution is -2.08. The molecule has 0 aliphatic heterocycles. The van der Waals surface area contributed by atoms with Crippen LogP contribution in [0.1, 0.15) is 65.7 Å². The Balaban J connectivity index is 3.29. The highest BCUT2D eigenvalue weighted by atomic mass is 16.3. The molecular formula is C12H26O. The molecule has 0 heterocycles. The summed E-state index contributed by atoms with van der Waals surface area (Å²) in [7, 11) is 0. The summed E-state index contributed by atoms with van der Waals surface area (Å²) in [5.41, 5.74) is 0. The van der Waals surface area contributed by atoms with Gasteiger partial charge in [-0.05, 0) is 25.2 Å². The predicted molar refractivity (Wildman–Crippen MR) is 58.8 cm³/mol. The first kappa shape index (κ1) is 13.0. The molecule has 0 aliphatic rings. The van der Waals surface area contributed by atoms with Gasteiger partial charge in [0.25, 0.3) is 0 Å². The van der Waals surface area contributed by atoms with E-state index >= 15 is 0 Å². The predicted octanol–water partition coefficient (Wildman–Crippen LogP) is 3.75. The largest absolute Gasteiger partial charge is 0.393 e. The monoisotopic (exact) mass is 186 g/mol. The fourth-order valence-corrected chi connectivity index (χ4v) is 1.65. The molecule has 0 rings (SSSR count). The van der Waals surface area contributed by atoms with E-state index in [1.807, 2.05) is 0 Å². The maximum atomic E-state index is 9.52. The van der Waals surface area contributed by atoms with Crippen LogP contribution in [-0.4, -0.2) is 11.2 Å². The average Bonchev–Trinajstić information content (AvgIpc) is 2.12. The maximum Gasteiger partial charge on any atom is 0.0540 e. The van der Waals surface area contributed by atoms with E-state index in [4.69, 9.17) is 0 Å². The summed E-state index contributed by atoms with van der Waals surface area (Å²) < 4.78 is 0. The van der Waals surface area contributed by atoms with Gasteiger partial charge in [0.05, 0.1) is 6.10 Å². The van der Waals surface area contributed by atoms with Gasteiger partial charge in [0.1, 0.15) is 0 Å². The molecule has 0 aromatic carbocycles. The van der Waals surface area contributed by atoms with Crippen LogP contribution in [-0.2, 0) is 0 Å². The Morgan fingerprint density at radius 1 is 0.923 bits per heavy atom. The summed E-state index contributed by atoms with van der Waals surface area (Å²) in [4.78, 5) is 0. The third-order valence-electron chi connectivity index (χ3n) is 2.67. The average molecular weight is 186 g/mol. The molecule has 0 spiro atoms. The first-order chi connectivity index (χ1) is 6.20. The minimum Gasteiger partial charge on any atom is -0.393 e. The van der Waals surface area contributed by atoms with Gasteiger partial charge in [-0.2, -0.15) is 0 Å². The number of hydrogen-bond acceptors (Lipinski definition) is 1. The molecule has 0 aromatic rings. The Hall–Kier alpha value is -0.0400. The first-order valence-electron chi connectivity index (χ1n) is 5.88. The van der Waals surface area contributed by atoms with Gasteiger partial charge in [0.2, 0.25) is 0 Å². The zero-order valence-corrected chi connectivity index (χ0v) is 9.55. The Labute approximate surface area is 83.5 Å². The quantitative estimate of drug-likeness (QED) is 0.612. The van der Waals surface area contributed by atoms with E-state index in [-0.39, 0.29) is 6.10 Å².